The molecule has 0 bridgehead atoms. The molecule has 0 saturated heterocycles. The average Bonchev–Trinajstić information content (AvgIpc) is 2.37. The van der Waals surface area contributed by atoms with Crippen molar-refractivity contribution >= 4 is 23.7 Å². The summed E-state index contributed by atoms with van der Waals surface area (Å²) in [5, 5.41) is 17.5. The molecule has 1 aromatic heterocycles. The lowest BCUT2D eigenvalue weighted by atomic mass is 10.3. The van der Waals surface area contributed by atoms with Crippen molar-refractivity contribution in [3.05, 3.63) is 23.9 Å². The number of aliphatic carboxylic acids is 2. The van der Waals surface area contributed by atoms with Crippen LogP contribution in [0.5, 0.6) is 0 Å². The highest BCUT2D eigenvalue weighted by molar-refractivity contribution is 5.89. The zero-order valence-electron chi connectivity index (χ0n) is 10.8. The first-order chi connectivity index (χ1) is 9.43. The van der Waals surface area contributed by atoms with Gasteiger partial charge in [-0.05, 0) is 19.1 Å². The second-order valence-corrected chi connectivity index (χ2v) is 3.77. The summed E-state index contributed by atoms with van der Waals surface area (Å²) < 4.78 is 4.78. The van der Waals surface area contributed by atoms with Crippen molar-refractivity contribution in [3.63, 3.8) is 0 Å². The lowest BCUT2D eigenvalue weighted by molar-refractivity contribution is -0.136. The van der Waals surface area contributed by atoms with Gasteiger partial charge in [0.25, 0.3) is 0 Å². The Balaban J connectivity index is 2.89. The van der Waals surface area contributed by atoms with Crippen molar-refractivity contribution in [1.29, 1.82) is 0 Å². The van der Waals surface area contributed by atoms with Gasteiger partial charge < -0.3 is 19.8 Å². The van der Waals surface area contributed by atoms with Crippen LogP contribution in [-0.2, 0) is 14.3 Å². The molecule has 0 aromatic carbocycles. The Hall–Kier alpha value is -2.64. The Kier molecular flexibility index (Phi) is 5.45. The van der Waals surface area contributed by atoms with Gasteiger partial charge in [0.2, 0.25) is 0 Å². The molecular weight excluding hydrogens is 268 g/mol. The number of pyridine rings is 1. The third-order valence-electron chi connectivity index (χ3n) is 2.24. The molecule has 0 aliphatic heterocycles. The quantitative estimate of drug-likeness (QED) is 0.683. The minimum absolute atomic E-state index is 0.155. The number of carbonyl (C=O) groups excluding carboxylic acids is 1. The molecule has 0 aliphatic rings. The van der Waals surface area contributed by atoms with Gasteiger partial charge in [0.05, 0.1) is 12.2 Å². The van der Waals surface area contributed by atoms with Crippen molar-refractivity contribution in [2.24, 2.45) is 0 Å². The number of hydrogen-bond donors (Lipinski definition) is 2. The third kappa shape index (κ3) is 4.56. The van der Waals surface area contributed by atoms with Gasteiger partial charge in [-0.3, -0.25) is 9.59 Å². The summed E-state index contributed by atoms with van der Waals surface area (Å²) in [6.45, 7) is 0.891. The summed E-state index contributed by atoms with van der Waals surface area (Å²) in [5.41, 5.74) is 0.209. The molecule has 2 N–H and O–H groups in total. The minimum Gasteiger partial charge on any atom is -0.480 e. The van der Waals surface area contributed by atoms with Crippen LogP contribution in [0, 0.1) is 0 Å². The first-order valence-electron chi connectivity index (χ1n) is 5.75. The van der Waals surface area contributed by atoms with Crippen molar-refractivity contribution in [2.75, 3.05) is 24.6 Å². The number of hydrogen-bond acceptors (Lipinski definition) is 6. The number of carboxylic acid groups (broad SMARTS) is 2. The molecule has 8 heteroatoms. The number of nitrogens with zero attached hydrogens (tertiary/aromatic N) is 2. The molecule has 0 unspecified atom stereocenters. The first-order valence-corrected chi connectivity index (χ1v) is 5.75. The predicted octanol–water partition coefficient (Wildman–Crippen LogP) is 0.234. The van der Waals surface area contributed by atoms with Crippen LogP contribution < -0.4 is 4.90 Å². The Morgan fingerprint density at radius 1 is 1.20 bits per heavy atom. The normalized spacial score (nSPS) is 9.85. The Morgan fingerprint density at radius 3 is 2.20 bits per heavy atom. The van der Waals surface area contributed by atoms with E-state index in [4.69, 9.17) is 14.9 Å². The molecule has 0 amide bonds. The summed E-state index contributed by atoms with van der Waals surface area (Å²) in [4.78, 5) is 37.8. The summed E-state index contributed by atoms with van der Waals surface area (Å²) in [6.07, 6.45) is 1.21. The fraction of sp³-hybridized carbons (Fsp3) is 0.333. The average molecular weight is 282 g/mol. The number of esters is 1. The standard InChI is InChI=1S/C12H14N2O6/c1-2-20-12(19)8-3-4-9(13-5-8)14(6-10(15)16)7-11(17)18/h3-5H,2,6-7H2,1H3,(H,15,16)(H,17,18). The van der Waals surface area contributed by atoms with E-state index in [0.29, 0.717) is 0 Å². The smallest absolute Gasteiger partial charge is 0.339 e. The van der Waals surface area contributed by atoms with E-state index in [0.717, 1.165) is 4.90 Å². The van der Waals surface area contributed by atoms with Crippen LogP contribution in [0.2, 0.25) is 0 Å². The molecule has 0 spiro atoms. The van der Waals surface area contributed by atoms with Gasteiger partial charge in [-0.25, -0.2) is 9.78 Å². The number of anilines is 1. The van der Waals surface area contributed by atoms with E-state index in [9.17, 15) is 14.4 Å². The summed E-state index contributed by atoms with van der Waals surface area (Å²) in [5.74, 6) is -2.75. The second kappa shape index (κ2) is 7.07. The second-order valence-electron chi connectivity index (χ2n) is 3.77. The molecule has 0 aliphatic carbocycles. The summed E-state index contributed by atoms with van der Waals surface area (Å²) in [6, 6.07) is 2.77. The van der Waals surface area contributed by atoms with Gasteiger partial charge >= 0.3 is 17.9 Å². The van der Waals surface area contributed by atoms with Crippen LogP contribution in [0.1, 0.15) is 17.3 Å². The van der Waals surface area contributed by atoms with Crippen LogP contribution in [0.4, 0.5) is 5.82 Å². The number of ether oxygens (including phenoxy) is 1. The largest absolute Gasteiger partial charge is 0.480 e. The van der Waals surface area contributed by atoms with Gasteiger partial charge in [0.15, 0.2) is 0 Å². The predicted molar refractivity (Wildman–Crippen MR) is 67.7 cm³/mol. The van der Waals surface area contributed by atoms with E-state index < -0.39 is 31.0 Å². The molecule has 0 saturated carbocycles. The number of carbonyl (C=O) groups is 3. The molecule has 20 heavy (non-hydrogen) atoms. The maximum Gasteiger partial charge on any atom is 0.339 e. The molecule has 8 nitrogen and oxygen atoms in total. The molecule has 1 heterocycles. The fourth-order valence-electron chi connectivity index (χ4n) is 1.45. The summed E-state index contributed by atoms with van der Waals surface area (Å²) >= 11 is 0. The zero-order chi connectivity index (χ0) is 15.1. The van der Waals surface area contributed by atoms with E-state index in [1.165, 1.54) is 18.3 Å². The molecule has 1 rings (SSSR count). The molecule has 0 atom stereocenters. The molecule has 1 aromatic rings. The highest BCUT2D eigenvalue weighted by atomic mass is 16.5. The highest BCUT2D eigenvalue weighted by Crippen LogP contribution is 2.11. The SMILES string of the molecule is CCOC(=O)c1ccc(N(CC(=O)O)CC(=O)O)nc1. The van der Waals surface area contributed by atoms with E-state index in [2.05, 4.69) is 4.98 Å². The Labute approximate surface area is 114 Å². The first kappa shape index (κ1) is 15.4. The van der Waals surface area contributed by atoms with Gasteiger partial charge in [0, 0.05) is 6.20 Å². The third-order valence-corrected chi connectivity index (χ3v) is 2.24. The summed E-state index contributed by atoms with van der Waals surface area (Å²) in [7, 11) is 0. The lowest BCUT2D eigenvalue weighted by Crippen LogP contribution is -2.35. The number of carboxylic acids is 2. The van der Waals surface area contributed by atoms with Gasteiger partial charge in [0.1, 0.15) is 18.9 Å². The van der Waals surface area contributed by atoms with Gasteiger partial charge in [-0.1, -0.05) is 0 Å². The van der Waals surface area contributed by atoms with Crippen LogP contribution in [-0.4, -0.2) is 52.8 Å². The van der Waals surface area contributed by atoms with Crippen molar-refractivity contribution < 1.29 is 29.3 Å². The highest BCUT2D eigenvalue weighted by Gasteiger charge is 2.16. The van der Waals surface area contributed by atoms with Crippen molar-refractivity contribution in [2.45, 2.75) is 6.92 Å². The topological polar surface area (TPSA) is 117 Å². The van der Waals surface area contributed by atoms with E-state index in [1.54, 1.807) is 6.92 Å². The van der Waals surface area contributed by atoms with E-state index in [-0.39, 0.29) is 18.0 Å². The van der Waals surface area contributed by atoms with Crippen LogP contribution >= 0.6 is 0 Å². The maximum absolute atomic E-state index is 11.4. The molecule has 0 fully saturated rings. The van der Waals surface area contributed by atoms with Crippen LogP contribution in [0.3, 0.4) is 0 Å². The zero-order valence-corrected chi connectivity index (χ0v) is 10.8. The monoisotopic (exact) mass is 282 g/mol. The van der Waals surface area contributed by atoms with Crippen molar-refractivity contribution in [1.82, 2.24) is 4.98 Å². The maximum atomic E-state index is 11.4. The Bertz CT molecular complexity index is 483. The van der Waals surface area contributed by atoms with Crippen LogP contribution in [0.15, 0.2) is 18.3 Å². The minimum atomic E-state index is -1.18. The number of aromatic nitrogens is 1. The molecule has 0 radical (unpaired) electrons. The van der Waals surface area contributed by atoms with Gasteiger partial charge in [-0.15, -0.1) is 0 Å². The molecule has 108 valence electrons. The van der Waals surface area contributed by atoms with Gasteiger partial charge in [-0.2, -0.15) is 0 Å². The molecular formula is C12H14N2O6. The number of rotatable bonds is 7. The fourth-order valence-corrected chi connectivity index (χ4v) is 1.45. The van der Waals surface area contributed by atoms with Crippen LogP contribution in [0.25, 0.3) is 0 Å². The van der Waals surface area contributed by atoms with E-state index >= 15 is 0 Å². The van der Waals surface area contributed by atoms with Crippen molar-refractivity contribution in [3.8, 4) is 0 Å². The lowest BCUT2D eigenvalue weighted by Gasteiger charge is -2.19. The van der Waals surface area contributed by atoms with E-state index in [1.807, 2.05) is 0 Å². The Morgan fingerprint density at radius 2 is 1.80 bits per heavy atom.